The molecule has 2 aliphatic heterocycles. The molecule has 2 aromatic carbocycles. The second kappa shape index (κ2) is 5.55. The van der Waals surface area contributed by atoms with Crippen molar-refractivity contribution in [3.8, 4) is 0 Å². The Morgan fingerprint density at radius 2 is 1.48 bits per heavy atom. The van der Waals surface area contributed by atoms with Gasteiger partial charge in [-0.2, -0.15) is 0 Å². The molecule has 2 nitrogen and oxygen atoms in total. The summed E-state index contributed by atoms with van der Waals surface area (Å²) in [5, 5.41) is 3.80. The minimum absolute atomic E-state index is 0.247. The van der Waals surface area contributed by atoms with Crippen molar-refractivity contribution in [1.29, 1.82) is 0 Å². The van der Waals surface area contributed by atoms with Gasteiger partial charge in [0, 0.05) is 22.3 Å². The van der Waals surface area contributed by atoms with Crippen molar-refractivity contribution in [1.82, 2.24) is 0 Å². The summed E-state index contributed by atoms with van der Waals surface area (Å²) < 4.78 is 9.55. The predicted molar refractivity (Wildman–Crippen MR) is 106 cm³/mol. The van der Waals surface area contributed by atoms with Crippen LogP contribution in [0.25, 0.3) is 25.8 Å². The van der Waals surface area contributed by atoms with E-state index in [-0.39, 0.29) is 5.63 Å². The van der Waals surface area contributed by atoms with E-state index in [9.17, 15) is 4.79 Å². The molecule has 0 saturated carbocycles. The SMILES string of the molecule is O=c1oc(=C2SC3=C(SCCS3)S2)c2cccc3cccc1c32. The van der Waals surface area contributed by atoms with Gasteiger partial charge < -0.3 is 4.42 Å². The summed E-state index contributed by atoms with van der Waals surface area (Å²) in [7, 11) is 0. The molecule has 0 bridgehead atoms. The maximum Gasteiger partial charge on any atom is 0.344 e. The average Bonchev–Trinajstić information content (AvgIpc) is 3.02. The molecule has 3 heterocycles. The summed E-state index contributed by atoms with van der Waals surface area (Å²) in [5.74, 6) is 2.30. The maximum absolute atomic E-state index is 12.5. The Hall–Kier alpha value is -0.950. The molecule has 114 valence electrons. The van der Waals surface area contributed by atoms with E-state index >= 15 is 0 Å². The molecule has 0 amide bonds. The maximum atomic E-state index is 12.5. The van der Waals surface area contributed by atoms with Gasteiger partial charge in [-0.05, 0) is 11.5 Å². The van der Waals surface area contributed by atoms with E-state index in [0.717, 1.165) is 37.3 Å². The molecular formula is C17H10O2S4. The van der Waals surface area contributed by atoms with Crippen LogP contribution in [-0.4, -0.2) is 11.5 Å². The van der Waals surface area contributed by atoms with Gasteiger partial charge in [0.15, 0.2) is 5.42 Å². The van der Waals surface area contributed by atoms with Crippen LogP contribution in [0.1, 0.15) is 0 Å². The topological polar surface area (TPSA) is 30.2 Å². The van der Waals surface area contributed by atoms with Gasteiger partial charge in [-0.25, -0.2) is 4.79 Å². The fourth-order valence-corrected chi connectivity index (χ4v) is 8.79. The molecule has 0 spiro atoms. The normalized spacial score (nSPS) is 18.2. The summed E-state index contributed by atoms with van der Waals surface area (Å²) in [6, 6.07) is 11.9. The van der Waals surface area contributed by atoms with Crippen LogP contribution in [0.5, 0.6) is 0 Å². The van der Waals surface area contributed by atoms with Gasteiger partial charge in [0.2, 0.25) is 0 Å². The van der Waals surface area contributed by atoms with Crippen LogP contribution in [0.2, 0.25) is 0 Å². The lowest BCUT2D eigenvalue weighted by molar-refractivity contribution is 0.493. The lowest BCUT2D eigenvalue weighted by Crippen LogP contribution is -2.14. The number of hydrogen-bond donors (Lipinski definition) is 0. The molecule has 0 N–H and O–H groups in total. The van der Waals surface area contributed by atoms with Crippen molar-refractivity contribution < 1.29 is 4.42 Å². The van der Waals surface area contributed by atoms with Crippen molar-refractivity contribution in [2.45, 2.75) is 0 Å². The number of thioether (sulfide) groups is 4. The lowest BCUT2D eigenvalue weighted by atomic mass is 10.0. The minimum atomic E-state index is -0.247. The summed E-state index contributed by atoms with van der Waals surface area (Å²) in [6.07, 6.45) is 0. The molecule has 6 heteroatoms. The van der Waals surface area contributed by atoms with E-state index in [1.807, 2.05) is 53.9 Å². The van der Waals surface area contributed by atoms with Gasteiger partial charge in [0.05, 0.1) is 18.1 Å². The molecular weight excluding hydrogens is 364 g/mol. The van der Waals surface area contributed by atoms with Crippen LogP contribution in [0.3, 0.4) is 0 Å². The van der Waals surface area contributed by atoms with Crippen LogP contribution in [0.15, 0.2) is 54.1 Å². The Morgan fingerprint density at radius 3 is 2.17 bits per heavy atom. The van der Waals surface area contributed by atoms with E-state index in [2.05, 4.69) is 6.07 Å². The van der Waals surface area contributed by atoms with Crippen molar-refractivity contribution in [3.05, 3.63) is 60.7 Å². The highest BCUT2D eigenvalue weighted by atomic mass is 32.3. The summed E-state index contributed by atoms with van der Waals surface area (Å²) in [6.45, 7) is 0. The van der Waals surface area contributed by atoms with Gasteiger partial charge in [0.1, 0.15) is 0 Å². The molecule has 0 aliphatic carbocycles. The molecule has 0 saturated heterocycles. The van der Waals surface area contributed by atoms with Gasteiger partial charge in [-0.15, -0.1) is 23.5 Å². The molecule has 0 atom stereocenters. The van der Waals surface area contributed by atoms with E-state index in [4.69, 9.17) is 4.42 Å². The van der Waals surface area contributed by atoms with E-state index < -0.39 is 0 Å². The van der Waals surface area contributed by atoms with Gasteiger partial charge >= 0.3 is 5.63 Å². The summed E-state index contributed by atoms with van der Waals surface area (Å²) in [5.41, 5.74) is 0.480. The molecule has 5 rings (SSSR count). The predicted octanol–water partition coefficient (Wildman–Crippen LogP) is 4.82. The van der Waals surface area contributed by atoms with Crippen LogP contribution >= 0.6 is 47.0 Å². The Balaban J connectivity index is 1.86. The fourth-order valence-electron chi connectivity index (χ4n) is 2.87. The highest BCUT2D eigenvalue weighted by Crippen LogP contribution is 2.59. The second-order valence-electron chi connectivity index (χ2n) is 5.19. The number of benzene rings is 2. The second-order valence-corrected chi connectivity index (χ2v) is 10.2. The van der Waals surface area contributed by atoms with Crippen LogP contribution in [-0.2, 0) is 0 Å². The van der Waals surface area contributed by atoms with Gasteiger partial charge in [0.25, 0.3) is 0 Å². The molecule has 3 aromatic rings. The van der Waals surface area contributed by atoms with E-state index in [1.54, 1.807) is 23.5 Å². The zero-order valence-electron chi connectivity index (χ0n) is 11.8. The quantitative estimate of drug-likeness (QED) is 0.561. The molecule has 0 fully saturated rings. The Bertz CT molecular complexity index is 1070. The van der Waals surface area contributed by atoms with Gasteiger partial charge in [-0.3, -0.25) is 0 Å². The summed E-state index contributed by atoms with van der Waals surface area (Å²) >= 11 is 7.31. The largest absolute Gasteiger partial charge is 0.420 e. The molecule has 2 aliphatic rings. The third-order valence-corrected chi connectivity index (χ3v) is 9.59. The first-order valence-electron chi connectivity index (χ1n) is 7.15. The number of rotatable bonds is 0. The smallest absolute Gasteiger partial charge is 0.344 e. The monoisotopic (exact) mass is 374 g/mol. The molecule has 0 unspecified atom stereocenters. The lowest BCUT2D eigenvalue weighted by Gasteiger charge is -2.08. The number of hydrogen-bond acceptors (Lipinski definition) is 6. The third-order valence-electron chi connectivity index (χ3n) is 3.84. The van der Waals surface area contributed by atoms with Crippen molar-refractivity contribution in [2.75, 3.05) is 11.5 Å². The summed E-state index contributed by atoms with van der Waals surface area (Å²) in [4.78, 5) is 12.5. The first-order valence-corrected chi connectivity index (χ1v) is 10.8. The van der Waals surface area contributed by atoms with E-state index in [1.165, 1.54) is 8.47 Å². The first kappa shape index (κ1) is 14.4. The average molecular weight is 375 g/mol. The highest BCUT2D eigenvalue weighted by Gasteiger charge is 2.27. The third kappa shape index (κ3) is 2.27. The van der Waals surface area contributed by atoms with Crippen molar-refractivity contribution in [2.24, 2.45) is 0 Å². The van der Waals surface area contributed by atoms with Crippen LogP contribution in [0.4, 0.5) is 0 Å². The highest BCUT2D eigenvalue weighted by molar-refractivity contribution is 8.46. The molecule has 23 heavy (non-hydrogen) atoms. The van der Waals surface area contributed by atoms with Crippen molar-refractivity contribution in [3.63, 3.8) is 0 Å². The Kier molecular flexibility index (Phi) is 3.47. The zero-order valence-corrected chi connectivity index (χ0v) is 15.1. The van der Waals surface area contributed by atoms with Crippen LogP contribution < -0.4 is 11.0 Å². The molecule has 0 radical (unpaired) electrons. The van der Waals surface area contributed by atoms with Crippen LogP contribution in [0, 0.1) is 0 Å². The standard InChI is InChI=1S/C17H10O2S4/c18-14-11-6-2-4-9-3-1-5-10(12(9)11)13(19-14)15-22-16-17(23-15)21-8-7-20-16/h1-6H,7-8H2. The van der Waals surface area contributed by atoms with E-state index in [0.29, 0.717) is 5.39 Å². The first-order chi connectivity index (χ1) is 11.3. The zero-order chi connectivity index (χ0) is 15.4. The van der Waals surface area contributed by atoms with Gasteiger partial charge in [-0.1, -0.05) is 53.9 Å². The fraction of sp³-hybridized carbons (Fsp3) is 0.118. The van der Waals surface area contributed by atoms with Crippen molar-refractivity contribution >= 4 is 72.8 Å². The minimum Gasteiger partial charge on any atom is -0.420 e. The molecule has 1 aromatic heterocycles. The Morgan fingerprint density at radius 1 is 0.826 bits per heavy atom. The Labute approximate surface area is 149 Å².